The number of halogens is 1. The molecule has 0 aliphatic heterocycles. The van der Waals surface area contributed by atoms with E-state index in [1.807, 2.05) is 12.1 Å². The van der Waals surface area contributed by atoms with E-state index in [1.54, 1.807) is 24.6 Å². The van der Waals surface area contributed by atoms with Gasteiger partial charge in [-0.15, -0.1) is 11.3 Å². The molecule has 0 atom stereocenters. The summed E-state index contributed by atoms with van der Waals surface area (Å²) in [6.07, 6.45) is 0.469. The van der Waals surface area contributed by atoms with Gasteiger partial charge in [0.05, 0.1) is 0 Å². The van der Waals surface area contributed by atoms with E-state index in [4.69, 9.17) is 16.7 Å². The number of aliphatic carboxylic acids is 1. The fourth-order valence-corrected chi connectivity index (χ4v) is 2.79. The van der Waals surface area contributed by atoms with Gasteiger partial charge in [0.15, 0.2) is 0 Å². The summed E-state index contributed by atoms with van der Waals surface area (Å²) in [7, 11) is 1.64. The molecule has 2 aromatic rings. The number of hydrogen-bond acceptors (Lipinski definition) is 4. The molecule has 0 spiro atoms. The molecule has 1 N–H and O–H groups in total. The van der Waals surface area contributed by atoms with Crippen LogP contribution >= 0.6 is 22.9 Å². The zero-order chi connectivity index (χ0) is 16.1. The van der Waals surface area contributed by atoms with Crippen LogP contribution in [0.4, 0.5) is 0 Å². The van der Waals surface area contributed by atoms with Gasteiger partial charge in [-0.1, -0.05) is 23.7 Å². The first-order valence-electron chi connectivity index (χ1n) is 6.66. The van der Waals surface area contributed by atoms with Crippen LogP contribution in [0.3, 0.4) is 0 Å². The first-order chi connectivity index (χ1) is 10.5. The Morgan fingerprint density at radius 3 is 2.64 bits per heavy atom. The fourth-order valence-electron chi connectivity index (χ4n) is 1.86. The van der Waals surface area contributed by atoms with E-state index in [0.717, 1.165) is 10.6 Å². The first-order valence-corrected chi connectivity index (χ1v) is 7.92. The molecule has 0 saturated heterocycles. The summed E-state index contributed by atoms with van der Waals surface area (Å²) in [5.41, 5.74) is 1.27. The Labute approximate surface area is 137 Å². The smallest absolute Gasteiger partial charge is 0.303 e. The Hall–Kier alpha value is -1.92. The SMILES string of the molecule is CN(CCCC(=O)O)C(=O)c1csc(-c2ccc(Cl)cc2)n1. The van der Waals surface area contributed by atoms with Crippen molar-refractivity contribution in [1.82, 2.24) is 9.88 Å². The standard InChI is InChI=1S/C15H15ClN2O3S/c1-18(8-2-3-13(19)20)15(21)12-9-22-14(17-12)10-4-6-11(16)7-5-10/h4-7,9H,2-3,8H2,1H3,(H,19,20). The van der Waals surface area contributed by atoms with Crippen molar-refractivity contribution in [3.8, 4) is 10.6 Å². The highest BCUT2D eigenvalue weighted by atomic mass is 35.5. The van der Waals surface area contributed by atoms with Gasteiger partial charge in [-0.05, 0) is 18.6 Å². The van der Waals surface area contributed by atoms with Crippen LogP contribution in [-0.2, 0) is 4.79 Å². The lowest BCUT2D eigenvalue weighted by Crippen LogP contribution is -2.28. The van der Waals surface area contributed by atoms with Crippen molar-refractivity contribution in [2.45, 2.75) is 12.8 Å². The van der Waals surface area contributed by atoms with Gasteiger partial charge in [0, 0.05) is 36.0 Å². The number of carbonyl (C=O) groups excluding carboxylic acids is 1. The number of benzene rings is 1. The maximum absolute atomic E-state index is 12.2. The van der Waals surface area contributed by atoms with Crippen LogP contribution in [0, 0.1) is 0 Å². The van der Waals surface area contributed by atoms with Gasteiger partial charge in [0.1, 0.15) is 10.7 Å². The summed E-state index contributed by atoms with van der Waals surface area (Å²) in [6.45, 7) is 0.388. The second-order valence-electron chi connectivity index (χ2n) is 4.77. The summed E-state index contributed by atoms with van der Waals surface area (Å²) < 4.78 is 0. The minimum Gasteiger partial charge on any atom is -0.481 e. The minimum absolute atomic E-state index is 0.0463. The van der Waals surface area contributed by atoms with Crippen molar-refractivity contribution >= 4 is 34.8 Å². The fraction of sp³-hybridized carbons (Fsp3) is 0.267. The van der Waals surface area contributed by atoms with Crippen molar-refractivity contribution in [1.29, 1.82) is 0 Å². The quantitative estimate of drug-likeness (QED) is 0.876. The third-order valence-electron chi connectivity index (χ3n) is 3.05. The lowest BCUT2D eigenvalue weighted by molar-refractivity contribution is -0.137. The molecule has 22 heavy (non-hydrogen) atoms. The highest BCUT2D eigenvalue weighted by Gasteiger charge is 2.16. The van der Waals surface area contributed by atoms with Crippen molar-refractivity contribution < 1.29 is 14.7 Å². The Kier molecular flexibility index (Phi) is 5.51. The normalized spacial score (nSPS) is 10.5. The highest BCUT2D eigenvalue weighted by molar-refractivity contribution is 7.13. The number of carboxylic acids is 1. The second kappa shape index (κ2) is 7.38. The topological polar surface area (TPSA) is 70.5 Å². The highest BCUT2D eigenvalue weighted by Crippen LogP contribution is 2.25. The minimum atomic E-state index is -0.862. The van der Waals surface area contributed by atoms with Crippen LogP contribution in [-0.4, -0.2) is 40.5 Å². The molecule has 2 rings (SSSR count). The number of nitrogens with zero attached hydrogens (tertiary/aromatic N) is 2. The van der Waals surface area contributed by atoms with Crippen molar-refractivity contribution in [2.75, 3.05) is 13.6 Å². The molecular weight excluding hydrogens is 324 g/mol. The van der Waals surface area contributed by atoms with Crippen LogP contribution in [0.1, 0.15) is 23.3 Å². The monoisotopic (exact) mass is 338 g/mol. The van der Waals surface area contributed by atoms with Gasteiger partial charge in [0.25, 0.3) is 5.91 Å². The maximum Gasteiger partial charge on any atom is 0.303 e. The molecule has 1 aromatic carbocycles. The molecule has 0 saturated carbocycles. The molecule has 0 unspecified atom stereocenters. The molecular formula is C15H15ClN2O3S. The van der Waals surface area contributed by atoms with Gasteiger partial charge in [-0.25, -0.2) is 4.98 Å². The molecule has 5 nitrogen and oxygen atoms in total. The van der Waals surface area contributed by atoms with E-state index >= 15 is 0 Å². The molecule has 116 valence electrons. The van der Waals surface area contributed by atoms with E-state index in [1.165, 1.54) is 16.2 Å². The van der Waals surface area contributed by atoms with Crippen molar-refractivity contribution in [3.63, 3.8) is 0 Å². The molecule has 0 bridgehead atoms. The lowest BCUT2D eigenvalue weighted by Gasteiger charge is -2.14. The van der Waals surface area contributed by atoms with Crippen LogP contribution < -0.4 is 0 Å². The third-order valence-corrected chi connectivity index (χ3v) is 4.19. The van der Waals surface area contributed by atoms with Crippen molar-refractivity contribution in [3.05, 3.63) is 40.4 Å². The number of hydrogen-bond donors (Lipinski definition) is 1. The molecule has 0 aliphatic carbocycles. The Morgan fingerprint density at radius 1 is 1.32 bits per heavy atom. The van der Waals surface area contributed by atoms with Gasteiger partial charge in [0.2, 0.25) is 0 Å². The third kappa shape index (κ3) is 4.29. The number of thiazole rings is 1. The summed E-state index contributed by atoms with van der Waals surface area (Å²) >= 11 is 7.23. The van der Waals surface area contributed by atoms with E-state index < -0.39 is 5.97 Å². The zero-order valence-electron chi connectivity index (χ0n) is 12.0. The molecule has 0 radical (unpaired) electrons. The Balaban J connectivity index is 2.02. The zero-order valence-corrected chi connectivity index (χ0v) is 13.5. The maximum atomic E-state index is 12.2. The molecule has 1 heterocycles. The number of rotatable bonds is 6. The molecule has 0 fully saturated rings. The first kappa shape index (κ1) is 16.5. The largest absolute Gasteiger partial charge is 0.481 e. The van der Waals surface area contributed by atoms with Gasteiger partial charge in [-0.3, -0.25) is 9.59 Å². The van der Waals surface area contributed by atoms with Gasteiger partial charge >= 0.3 is 5.97 Å². The summed E-state index contributed by atoms with van der Waals surface area (Å²) in [5, 5.41) is 11.7. The van der Waals surface area contributed by atoms with Gasteiger partial charge in [-0.2, -0.15) is 0 Å². The van der Waals surface area contributed by atoms with E-state index in [-0.39, 0.29) is 12.3 Å². The summed E-state index contributed by atoms with van der Waals surface area (Å²) in [4.78, 5) is 28.5. The predicted octanol–water partition coefficient (Wildman–Crippen LogP) is 3.40. The number of amides is 1. The van der Waals surface area contributed by atoms with Crippen LogP contribution in [0.5, 0.6) is 0 Å². The van der Waals surface area contributed by atoms with Gasteiger partial charge < -0.3 is 10.0 Å². The van der Waals surface area contributed by atoms with Crippen LogP contribution in [0.25, 0.3) is 10.6 Å². The molecule has 7 heteroatoms. The van der Waals surface area contributed by atoms with E-state index in [9.17, 15) is 9.59 Å². The van der Waals surface area contributed by atoms with Crippen molar-refractivity contribution in [2.24, 2.45) is 0 Å². The molecule has 1 aromatic heterocycles. The Morgan fingerprint density at radius 2 is 2.00 bits per heavy atom. The molecule has 1 amide bonds. The number of aromatic nitrogens is 1. The average Bonchev–Trinajstić information content (AvgIpc) is 2.96. The summed E-state index contributed by atoms with van der Waals surface area (Å²) in [6, 6.07) is 7.26. The number of carboxylic acid groups (broad SMARTS) is 1. The van der Waals surface area contributed by atoms with E-state index in [0.29, 0.717) is 23.7 Å². The lowest BCUT2D eigenvalue weighted by atomic mass is 10.2. The summed E-state index contributed by atoms with van der Waals surface area (Å²) in [5.74, 6) is -1.07. The van der Waals surface area contributed by atoms with Crippen LogP contribution in [0.15, 0.2) is 29.6 Å². The van der Waals surface area contributed by atoms with E-state index in [2.05, 4.69) is 4.98 Å². The van der Waals surface area contributed by atoms with Crippen LogP contribution in [0.2, 0.25) is 5.02 Å². The average molecular weight is 339 g/mol. The number of carbonyl (C=O) groups is 2. The second-order valence-corrected chi connectivity index (χ2v) is 6.06. The Bertz CT molecular complexity index is 670. The molecule has 0 aliphatic rings. The predicted molar refractivity (Wildman–Crippen MR) is 86.4 cm³/mol.